The quantitative estimate of drug-likeness (QED) is 0.811. The summed E-state index contributed by atoms with van der Waals surface area (Å²) in [6, 6.07) is 7.75. The Bertz CT molecular complexity index is 509. The minimum Gasteiger partial charge on any atom is -0.497 e. The second-order valence-corrected chi connectivity index (χ2v) is 6.55. The van der Waals surface area contributed by atoms with Crippen LogP contribution < -0.4 is 15.4 Å². The summed E-state index contributed by atoms with van der Waals surface area (Å²) in [5, 5.41) is 6.59. The lowest BCUT2D eigenvalue weighted by Gasteiger charge is -2.25. The van der Waals surface area contributed by atoms with Gasteiger partial charge in [0.05, 0.1) is 13.7 Å². The van der Waals surface area contributed by atoms with E-state index >= 15 is 0 Å². The summed E-state index contributed by atoms with van der Waals surface area (Å²) >= 11 is 5.29. The van der Waals surface area contributed by atoms with Crippen LogP contribution in [0.2, 0.25) is 0 Å². The van der Waals surface area contributed by atoms with Gasteiger partial charge in [0, 0.05) is 19.1 Å². The molecule has 0 fully saturated rings. The Morgan fingerprint density at radius 3 is 2.36 bits per heavy atom. The van der Waals surface area contributed by atoms with Crippen LogP contribution in [-0.4, -0.2) is 42.2 Å². The number of carbonyl (C=O) groups excluding carboxylic acids is 1. The third-order valence-corrected chi connectivity index (χ3v) is 3.30. The first-order valence-electron chi connectivity index (χ1n) is 7.14. The average Bonchev–Trinajstić information content (AvgIpc) is 2.43. The molecule has 0 saturated heterocycles. The van der Waals surface area contributed by atoms with Gasteiger partial charge in [0.25, 0.3) is 0 Å². The molecule has 5 nitrogen and oxygen atoms in total. The SMILES string of the molecule is COc1ccc(CNC(=S)N(C)CC(=O)NC(C)(C)C)cc1. The second-order valence-electron chi connectivity index (χ2n) is 6.16. The van der Waals surface area contributed by atoms with Gasteiger partial charge in [0.1, 0.15) is 5.75 Å². The first kappa shape index (κ1) is 18.2. The number of amides is 1. The van der Waals surface area contributed by atoms with Crippen LogP contribution in [0.1, 0.15) is 26.3 Å². The molecule has 1 aromatic carbocycles. The highest BCUT2D eigenvalue weighted by Crippen LogP contribution is 2.11. The molecule has 0 saturated carbocycles. The van der Waals surface area contributed by atoms with Gasteiger partial charge in [-0.3, -0.25) is 4.79 Å². The van der Waals surface area contributed by atoms with Crippen molar-refractivity contribution < 1.29 is 9.53 Å². The zero-order valence-corrected chi connectivity index (χ0v) is 14.7. The number of nitrogens with one attached hydrogen (secondary N) is 2. The molecule has 122 valence electrons. The molecule has 1 aromatic rings. The van der Waals surface area contributed by atoms with Crippen molar-refractivity contribution in [3.05, 3.63) is 29.8 Å². The average molecular weight is 323 g/mol. The summed E-state index contributed by atoms with van der Waals surface area (Å²) in [7, 11) is 3.44. The van der Waals surface area contributed by atoms with Crippen molar-refractivity contribution in [2.24, 2.45) is 0 Å². The molecule has 0 atom stereocenters. The van der Waals surface area contributed by atoms with Crippen molar-refractivity contribution in [1.29, 1.82) is 0 Å². The van der Waals surface area contributed by atoms with Crippen LogP contribution in [0.3, 0.4) is 0 Å². The lowest BCUT2D eigenvalue weighted by Crippen LogP contribution is -2.48. The Morgan fingerprint density at radius 1 is 1.27 bits per heavy atom. The molecule has 6 heteroatoms. The molecule has 0 bridgehead atoms. The Morgan fingerprint density at radius 2 is 1.86 bits per heavy atom. The van der Waals surface area contributed by atoms with Crippen molar-refractivity contribution in [2.75, 3.05) is 20.7 Å². The van der Waals surface area contributed by atoms with Gasteiger partial charge >= 0.3 is 0 Å². The van der Waals surface area contributed by atoms with E-state index in [0.29, 0.717) is 11.7 Å². The van der Waals surface area contributed by atoms with Crippen LogP contribution in [0.15, 0.2) is 24.3 Å². The topological polar surface area (TPSA) is 53.6 Å². The van der Waals surface area contributed by atoms with Crippen molar-refractivity contribution >= 4 is 23.2 Å². The first-order chi connectivity index (χ1) is 10.2. The van der Waals surface area contributed by atoms with Crippen molar-refractivity contribution in [1.82, 2.24) is 15.5 Å². The van der Waals surface area contributed by atoms with E-state index < -0.39 is 0 Å². The molecule has 0 radical (unpaired) electrons. The van der Waals surface area contributed by atoms with Gasteiger partial charge in [-0.05, 0) is 50.7 Å². The van der Waals surface area contributed by atoms with Gasteiger partial charge in [0.2, 0.25) is 5.91 Å². The van der Waals surface area contributed by atoms with E-state index in [2.05, 4.69) is 10.6 Å². The van der Waals surface area contributed by atoms with E-state index in [9.17, 15) is 4.79 Å². The minimum absolute atomic E-state index is 0.0522. The maximum absolute atomic E-state index is 11.9. The van der Waals surface area contributed by atoms with E-state index in [0.717, 1.165) is 11.3 Å². The Balaban J connectivity index is 2.42. The van der Waals surface area contributed by atoms with E-state index in [-0.39, 0.29) is 18.0 Å². The zero-order chi connectivity index (χ0) is 16.8. The molecular formula is C16H25N3O2S. The zero-order valence-electron chi connectivity index (χ0n) is 13.9. The highest BCUT2D eigenvalue weighted by Gasteiger charge is 2.16. The number of thiocarbonyl (C=S) groups is 1. The van der Waals surface area contributed by atoms with E-state index in [1.807, 2.05) is 45.0 Å². The Kier molecular flexibility index (Phi) is 6.61. The predicted molar refractivity (Wildman–Crippen MR) is 93.0 cm³/mol. The van der Waals surface area contributed by atoms with E-state index in [4.69, 9.17) is 17.0 Å². The summed E-state index contributed by atoms with van der Waals surface area (Å²) < 4.78 is 5.12. The highest BCUT2D eigenvalue weighted by atomic mass is 32.1. The second kappa shape index (κ2) is 7.98. The maximum Gasteiger partial charge on any atom is 0.239 e. The fourth-order valence-corrected chi connectivity index (χ4v) is 1.94. The van der Waals surface area contributed by atoms with Gasteiger partial charge in [-0.2, -0.15) is 0 Å². The number of methoxy groups -OCH3 is 1. The molecule has 1 rings (SSSR count). The van der Waals surface area contributed by atoms with Gasteiger partial charge in [0.15, 0.2) is 5.11 Å². The number of rotatable bonds is 5. The maximum atomic E-state index is 11.9. The number of carbonyl (C=O) groups is 1. The number of likely N-dealkylation sites (N-methyl/N-ethyl adjacent to an activating group) is 1. The summed E-state index contributed by atoms with van der Waals surface area (Å²) in [6.45, 7) is 6.68. The standard InChI is InChI=1S/C16H25N3O2S/c1-16(2,3)18-14(20)11-19(4)15(22)17-10-12-6-8-13(21-5)9-7-12/h6-9H,10-11H2,1-5H3,(H,17,22)(H,18,20). The van der Waals surface area contributed by atoms with Crippen LogP contribution in [-0.2, 0) is 11.3 Å². The van der Waals surface area contributed by atoms with Crippen molar-refractivity contribution in [3.63, 3.8) is 0 Å². The molecule has 0 aliphatic rings. The van der Waals surface area contributed by atoms with Crippen LogP contribution in [0, 0.1) is 0 Å². The number of ether oxygens (including phenoxy) is 1. The van der Waals surface area contributed by atoms with Crippen LogP contribution in [0.4, 0.5) is 0 Å². The largest absolute Gasteiger partial charge is 0.497 e. The van der Waals surface area contributed by atoms with E-state index in [1.54, 1.807) is 19.1 Å². The number of hydrogen-bond donors (Lipinski definition) is 2. The van der Waals surface area contributed by atoms with Crippen molar-refractivity contribution in [2.45, 2.75) is 32.9 Å². The molecule has 0 unspecified atom stereocenters. The monoisotopic (exact) mass is 323 g/mol. The first-order valence-corrected chi connectivity index (χ1v) is 7.55. The normalized spacial score (nSPS) is 10.8. The Hall–Kier alpha value is -1.82. The van der Waals surface area contributed by atoms with Crippen LogP contribution in [0.25, 0.3) is 0 Å². The molecule has 0 aromatic heterocycles. The molecule has 0 aliphatic heterocycles. The minimum atomic E-state index is -0.240. The van der Waals surface area contributed by atoms with Gasteiger partial charge < -0.3 is 20.3 Å². The molecule has 22 heavy (non-hydrogen) atoms. The fourth-order valence-electron chi connectivity index (χ4n) is 1.80. The number of benzene rings is 1. The molecule has 1 amide bonds. The van der Waals surface area contributed by atoms with E-state index in [1.165, 1.54) is 0 Å². The fraction of sp³-hybridized carbons (Fsp3) is 0.500. The van der Waals surface area contributed by atoms with Gasteiger partial charge in [-0.15, -0.1) is 0 Å². The summed E-state index contributed by atoms with van der Waals surface area (Å²) in [5.41, 5.74) is 0.853. The summed E-state index contributed by atoms with van der Waals surface area (Å²) in [6.07, 6.45) is 0. The van der Waals surface area contributed by atoms with Crippen LogP contribution >= 0.6 is 12.2 Å². The molecule has 2 N–H and O–H groups in total. The number of hydrogen-bond acceptors (Lipinski definition) is 3. The third kappa shape index (κ3) is 6.76. The Labute approximate surface area is 138 Å². The molecule has 0 aliphatic carbocycles. The predicted octanol–water partition coefficient (Wildman–Crippen LogP) is 1.92. The van der Waals surface area contributed by atoms with Crippen molar-refractivity contribution in [3.8, 4) is 5.75 Å². The smallest absolute Gasteiger partial charge is 0.239 e. The van der Waals surface area contributed by atoms with Crippen LogP contribution in [0.5, 0.6) is 5.75 Å². The molecule has 0 spiro atoms. The molecule has 0 heterocycles. The lowest BCUT2D eigenvalue weighted by atomic mass is 10.1. The summed E-state index contributed by atoms with van der Waals surface area (Å²) in [5.74, 6) is 0.769. The highest BCUT2D eigenvalue weighted by molar-refractivity contribution is 7.80. The lowest BCUT2D eigenvalue weighted by molar-refractivity contribution is -0.122. The van der Waals surface area contributed by atoms with Gasteiger partial charge in [-0.1, -0.05) is 12.1 Å². The van der Waals surface area contributed by atoms with Gasteiger partial charge in [-0.25, -0.2) is 0 Å². The number of nitrogens with zero attached hydrogens (tertiary/aromatic N) is 1. The summed E-state index contributed by atoms with van der Waals surface area (Å²) in [4.78, 5) is 13.6. The molecular weight excluding hydrogens is 298 g/mol. The third-order valence-electron chi connectivity index (χ3n) is 2.84.